The van der Waals surface area contributed by atoms with E-state index >= 15 is 0 Å². The fourth-order valence-corrected chi connectivity index (χ4v) is 3.54. The second-order valence-electron chi connectivity index (χ2n) is 6.20. The van der Waals surface area contributed by atoms with E-state index in [1.807, 2.05) is 12.1 Å². The van der Waals surface area contributed by atoms with Crippen LogP contribution in [0, 0.1) is 6.92 Å². The molecule has 2 aromatic rings. The van der Waals surface area contributed by atoms with Crippen LogP contribution in [-0.4, -0.2) is 5.11 Å². The number of rotatable bonds is 2. The van der Waals surface area contributed by atoms with Crippen molar-refractivity contribution < 1.29 is 5.11 Å². The molecule has 0 bridgehead atoms. The van der Waals surface area contributed by atoms with E-state index in [2.05, 4.69) is 35.8 Å². The quantitative estimate of drug-likeness (QED) is 0.750. The molecule has 1 aliphatic carbocycles. The summed E-state index contributed by atoms with van der Waals surface area (Å²) in [5.41, 5.74) is 7.55. The molecule has 22 heavy (non-hydrogen) atoms. The molecule has 1 heterocycles. The Labute approximate surface area is 130 Å². The van der Waals surface area contributed by atoms with Crippen LogP contribution in [0.5, 0.6) is 5.75 Å². The van der Waals surface area contributed by atoms with Crippen LogP contribution in [-0.2, 0) is 0 Å². The summed E-state index contributed by atoms with van der Waals surface area (Å²) in [6.07, 6.45) is 3.47. The van der Waals surface area contributed by atoms with Crippen molar-refractivity contribution in [2.24, 2.45) is 0 Å². The Kier molecular flexibility index (Phi) is 3.07. The maximum atomic E-state index is 9.70. The Morgan fingerprint density at radius 1 is 1.14 bits per heavy atom. The number of phenolic OH excluding ortho intramolecular Hbond substituents is 1. The third-order valence-corrected chi connectivity index (χ3v) is 4.57. The zero-order chi connectivity index (χ0) is 15.1. The highest BCUT2D eigenvalue weighted by Crippen LogP contribution is 2.44. The second kappa shape index (κ2) is 5.09. The summed E-state index contributed by atoms with van der Waals surface area (Å²) in [4.78, 5) is 0. The second-order valence-corrected chi connectivity index (χ2v) is 6.20. The molecule has 0 saturated heterocycles. The average molecular weight is 292 g/mol. The highest BCUT2D eigenvalue weighted by Gasteiger charge is 2.30. The van der Waals surface area contributed by atoms with Crippen LogP contribution in [0.25, 0.3) is 0 Å². The van der Waals surface area contributed by atoms with E-state index < -0.39 is 0 Å². The lowest BCUT2D eigenvalue weighted by Crippen LogP contribution is -2.21. The molecule has 0 amide bonds. The van der Waals surface area contributed by atoms with Gasteiger partial charge in [0.25, 0.3) is 0 Å². The molecule has 2 aromatic carbocycles. The summed E-state index contributed by atoms with van der Waals surface area (Å²) < 4.78 is 0. The molecule has 0 saturated carbocycles. The fraction of sp³-hybridized carbons (Fsp3) is 0.263. The molecule has 1 unspecified atom stereocenters. The summed E-state index contributed by atoms with van der Waals surface area (Å²) >= 11 is 0. The number of aromatic hydroxyl groups is 1. The first-order valence-corrected chi connectivity index (χ1v) is 7.86. The van der Waals surface area contributed by atoms with Gasteiger partial charge in [-0.1, -0.05) is 23.8 Å². The molecular formula is C19H20N2O. The van der Waals surface area contributed by atoms with E-state index in [1.54, 1.807) is 12.1 Å². The molecule has 0 aromatic heterocycles. The Hall–Kier alpha value is -2.42. The average Bonchev–Trinajstić information content (AvgIpc) is 2.96. The minimum absolute atomic E-state index is 0.190. The van der Waals surface area contributed by atoms with E-state index in [4.69, 9.17) is 0 Å². The van der Waals surface area contributed by atoms with Gasteiger partial charge in [-0.3, -0.25) is 0 Å². The number of nitrogens with one attached hydrogen (secondary N) is 2. The van der Waals surface area contributed by atoms with Gasteiger partial charge in [-0.25, -0.2) is 0 Å². The smallest absolute Gasteiger partial charge is 0.117 e. The summed E-state index contributed by atoms with van der Waals surface area (Å²) in [5.74, 6) is 0.295. The molecule has 4 rings (SSSR count). The van der Waals surface area contributed by atoms with Crippen LogP contribution < -0.4 is 10.6 Å². The van der Waals surface area contributed by atoms with Crippen molar-refractivity contribution in [1.29, 1.82) is 0 Å². The Morgan fingerprint density at radius 3 is 2.91 bits per heavy atom. The molecule has 3 N–H and O–H groups in total. The number of anilines is 2. The van der Waals surface area contributed by atoms with Gasteiger partial charge in [0.2, 0.25) is 0 Å². The number of benzene rings is 2. The monoisotopic (exact) mass is 292 g/mol. The van der Waals surface area contributed by atoms with Crippen molar-refractivity contribution in [3.05, 3.63) is 64.9 Å². The van der Waals surface area contributed by atoms with E-state index in [0.29, 0.717) is 5.75 Å². The molecule has 1 aliphatic heterocycles. The Morgan fingerprint density at radius 2 is 2.05 bits per heavy atom. The van der Waals surface area contributed by atoms with Gasteiger partial charge in [0, 0.05) is 28.7 Å². The van der Waals surface area contributed by atoms with Crippen molar-refractivity contribution in [3.8, 4) is 5.75 Å². The largest absolute Gasteiger partial charge is 0.508 e. The van der Waals surface area contributed by atoms with E-state index in [-0.39, 0.29) is 6.04 Å². The first-order valence-electron chi connectivity index (χ1n) is 7.86. The minimum atomic E-state index is 0.190. The molecule has 112 valence electrons. The number of phenols is 1. The van der Waals surface area contributed by atoms with Crippen molar-refractivity contribution >= 4 is 11.4 Å². The van der Waals surface area contributed by atoms with Crippen molar-refractivity contribution in [3.63, 3.8) is 0 Å². The number of hydrogen-bond donors (Lipinski definition) is 3. The van der Waals surface area contributed by atoms with Gasteiger partial charge in [-0.2, -0.15) is 0 Å². The van der Waals surface area contributed by atoms with Crippen LogP contribution in [0.3, 0.4) is 0 Å². The highest BCUT2D eigenvalue weighted by molar-refractivity contribution is 5.67. The van der Waals surface area contributed by atoms with Crippen LogP contribution in [0.2, 0.25) is 0 Å². The standard InChI is InChI=1S/C19H20N2O/c1-12-8-9-18-16(10-12)19(15-6-3-7-17(15)21-18)20-13-4-2-5-14(22)11-13/h2,4-5,8-11,19-22H,3,6-7H2,1H3. The van der Waals surface area contributed by atoms with Gasteiger partial charge < -0.3 is 15.7 Å². The van der Waals surface area contributed by atoms with Crippen molar-refractivity contribution in [2.45, 2.75) is 32.2 Å². The van der Waals surface area contributed by atoms with Crippen LogP contribution in [0.4, 0.5) is 11.4 Å². The topological polar surface area (TPSA) is 44.3 Å². The number of aryl methyl sites for hydroxylation is 1. The third-order valence-electron chi connectivity index (χ3n) is 4.57. The number of allylic oxidation sites excluding steroid dienone is 1. The lowest BCUT2D eigenvalue weighted by Gasteiger charge is -2.31. The first-order chi connectivity index (χ1) is 10.7. The zero-order valence-corrected chi connectivity index (χ0v) is 12.7. The predicted molar refractivity (Wildman–Crippen MR) is 90.1 cm³/mol. The van der Waals surface area contributed by atoms with Gasteiger partial charge >= 0.3 is 0 Å². The molecule has 0 radical (unpaired) electrons. The molecule has 3 nitrogen and oxygen atoms in total. The van der Waals surface area contributed by atoms with Crippen LogP contribution >= 0.6 is 0 Å². The lowest BCUT2D eigenvalue weighted by molar-refractivity contribution is 0.475. The Bertz CT molecular complexity index is 764. The first kappa shape index (κ1) is 13.3. The molecule has 3 heteroatoms. The summed E-state index contributed by atoms with van der Waals surface area (Å²) in [7, 11) is 0. The van der Waals surface area contributed by atoms with Gasteiger partial charge in [0.05, 0.1) is 6.04 Å². The SMILES string of the molecule is Cc1ccc2c(c1)C(Nc1cccc(O)c1)C1=C(CCC1)N2. The third kappa shape index (κ3) is 2.23. The normalized spacial score (nSPS) is 19.4. The van der Waals surface area contributed by atoms with Crippen molar-refractivity contribution in [2.75, 3.05) is 10.6 Å². The summed E-state index contributed by atoms with van der Waals surface area (Å²) in [5, 5.41) is 16.9. The van der Waals surface area contributed by atoms with Gasteiger partial charge in [0.15, 0.2) is 0 Å². The molecule has 2 aliphatic rings. The lowest BCUT2D eigenvalue weighted by atomic mass is 9.91. The molecular weight excluding hydrogens is 272 g/mol. The maximum Gasteiger partial charge on any atom is 0.117 e. The van der Waals surface area contributed by atoms with Gasteiger partial charge in [0.1, 0.15) is 5.75 Å². The molecule has 0 spiro atoms. The summed E-state index contributed by atoms with van der Waals surface area (Å²) in [6.45, 7) is 2.13. The Balaban J connectivity index is 1.77. The fourth-order valence-electron chi connectivity index (χ4n) is 3.54. The van der Waals surface area contributed by atoms with E-state index in [9.17, 15) is 5.11 Å². The molecule has 1 atom stereocenters. The molecule has 0 fully saturated rings. The van der Waals surface area contributed by atoms with Crippen LogP contribution in [0.1, 0.15) is 36.4 Å². The maximum absolute atomic E-state index is 9.70. The predicted octanol–water partition coefficient (Wildman–Crippen LogP) is 4.72. The van der Waals surface area contributed by atoms with Gasteiger partial charge in [-0.15, -0.1) is 0 Å². The number of fused-ring (bicyclic) bond motifs is 1. The minimum Gasteiger partial charge on any atom is -0.508 e. The van der Waals surface area contributed by atoms with Crippen LogP contribution in [0.15, 0.2) is 53.7 Å². The van der Waals surface area contributed by atoms with Crippen molar-refractivity contribution in [1.82, 2.24) is 0 Å². The number of hydrogen-bond acceptors (Lipinski definition) is 3. The zero-order valence-electron chi connectivity index (χ0n) is 12.7. The van der Waals surface area contributed by atoms with E-state index in [0.717, 1.165) is 18.5 Å². The highest BCUT2D eigenvalue weighted by atomic mass is 16.3. The summed E-state index contributed by atoms with van der Waals surface area (Å²) in [6, 6.07) is 14.1. The van der Waals surface area contributed by atoms with Gasteiger partial charge in [-0.05, 0) is 50.0 Å². The van der Waals surface area contributed by atoms with E-state index in [1.165, 1.54) is 34.5 Å².